The van der Waals surface area contributed by atoms with Crippen molar-refractivity contribution in [2.24, 2.45) is 0 Å². The fourth-order valence-electron chi connectivity index (χ4n) is 6.03. The van der Waals surface area contributed by atoms with Crippen LogP contribution in [-0.2, 0) is 18.9 Å². The number of hydrogen-bond donors (Lipinski definition) is 0. The third-order valence-corrected chi connectivity index (χ3v) is 8.49. The maximum Gasteiger partial charge on any atom is 0.338 e. The fourth-order valence-corrected chi connectivity index (χ4v) is 6.03. The summed E-state index contributed by atoms with van der Waals surface area (Å²) in [6.45, 7) is -0.302. The van der Waals surface area contributed by atoms with Gasteiger partial charge in [-0.25, -0.2) is 29.3 Å². The zero-order chi connectivity index (χ0) is 34.0. The number of rotatable bonds is 8. The standard InChI is InChI=1S/C39H28N4O7/c44-37(24-12-4-1-5-13-24)47-22-33-34(49-38(45)25-14-6-2-7-15-25)35(50-39(46)26-16-8-3-9-17-26)36(48-33)43-23-40-31-20-29-30(21-32(31)43)42-28-19-11-10-18-27(28)41-29/h1-21,23,33-36H,22H2. The summed E-state index contributed by atoms with van der Waals surface area (Å²) in [6.07, 6.45) is -2.90. The zero-order valence-electron chi connectivity index (χ0n) is 26.4. The molecule has 5 aromatic carbocycles. The van der Waals surface area contributed by atoms with Crippen LogP contribution in [0.1, 0.15) is 37.3 Å². The van der Waals surface area contributed by atoms with Crippen molar-refractivity contribution < 1.29 is 33.3 Å². The van der Waals surface area contributed by atoms with Crippen LogP contribution in [0.3, 0.4) is 0 Å². The Morgan fingerprint density at radius 2 is 1.08 bits per heavy atom. The predicted octanol–water partition coefficient (Wildman–Crippen LogP) is 6.34. The van der Waals surface area contributed by atoms with Gasteiger partial charge in [0.2, 0.25) is 0 Å². The minimum absolute atomic E-state index is 0.287. The monoisotopic (exact) mass is 664 g/mol. The SMILES string of the molecule is O=C(OCC1OC(n2cnc3cc4nc5ccccc5nc4cc32)C(OC(=O)c2ccccc2)C1OC(=O)c1ccccc1)c1ccccc1. The van der Waals surface area contributed by atoms with Gasteiger partial charge in [0, 0.05) is 0 Å². The smallest absolute Gasteiger partial charge is 0.338 e. The first-order valence-electron chi connectivity index (χ1n) is 15.9. The molecule has 8 rings (SSSR count). The summed E-state index contributed by atoms with van der Waals surface area (Å²) < 4.78 is 26.1. The zero-order valence-corrected chi connectivity index (χ0v) is 26.4. The summed E-state index contributed by atoms with van der Waals surface area (Å²) in [5.74, 6) is -1.91. The summed E-state index contributed by atoms with van der Waals surface area (Å²) in [5.41, 5.74) is 4.88. The summed E-state index contributed by atoms with van der Waals surface area (Å²) in [4.78, 5) is 54.3. The van der Waals surface area contributed by atoms with E-state index in [1.54, 1.807) is 102 Å². The van der Waals surface area contributed by atoms with Crippen LogP contribution < -0.4 is 0 Å². The molecule has 0 aliphatic carbocycles. The van der Waals surface area contributed by atoms with Crippen molar-refractivity contribution in [1.29, 1.82) is 0 Å². The number of aromatic nitrogens is 4. The minimum Gasteiger partial charge on any atom is -0.459 e. The topological polar surface area (TPSA) is 132 Å². The molecule has 4 atom stereocenters. The van der Waals surface area contributed by atoms with Crippen molar-refractivity contribution in [2.45, 2.75) is 24.5 Å². The maximum atomic E-state index is 13.6. The van der Waals surface area contributed by atoms with E-state index >= 15 is 0 Å². The van der Waals surface area contributed by atoms with E-state index in [2.05, 4.69) is 4.98 Å². The Hall–Kier alpha value is -6.46. The second-order valence-corrected chi connectivity index (χ2v) is 11.7. The van der Waals surface area contributed by atoms with Crippen LogP contribution in [0.4, 0.5) is 0 Å². The van der Waals surface area contributed by atoms with Crippen molar-refractivity contribution in [2.75, 3.05) is 6.61 Å². The van der Waals surface area contributed by atoms with Crippen molar-refractivity contribution in [3.8, 4) is 0 Å². The molecule has 0 amide bonds. The number of imidazole rings is 1. The molecule has 7 aromatic rings. The van der Waals surface area contributed by atoms with Gasteiger partial charge in [-0.05, 0) is 60.7 Å². The van der Waals surface area contributed by atoms with Crippen molar-refractivity contribution >= 4 is 51.0 Å². The second kappa shape index (κ2) is 13.2. The second-order valence-electron chi connectivity index (χ2n) is 11.7. The van der Waals surface area contributed by atoms with Crippen LogP contribution >= 0.6 is 0 Å². The number of carbonyl (C=O) groups excluding carboxylic acids is 3. The lowest BCUT2D eigenvalue weighted by Crippen LogP contribution is -2.41. The van der Waals surface area contributed by atoms with Gasteiger partial charge in [-0.3, -0.25) is 4.57 Å². The molecule has 11 heteroatoms. The molecule has 1 saturated heterocycles. The average Bonchev–Trinajstić information content (AvgIpc) is 3.72. The van der Waals surface area contributed by atoms with Crippen LogP contribution in [-0.4, -0.2) is 62.3 Å². The number of esters is 3. The van der Waals surface area contributed by atoms with Crippen LogP contribution in [0.25, 0.3) is 33.1 Å². The molecule has 4 unspecified atom stereocenters. The molecular weight excluding hydrogens is 636 g/mol. The van der Waals surface area contributed by atoms with Gasteiger partial charge in [0.1, 0.15) is 12.7 Å². The van der Waals surface area contributed by atoms with E-state index in [1.807, 2.05) is 36.4 Å². The molecule has 0 N–H and O–H groups in total. The molecule has 0 spiro atoms. The predicted molar refractivity (Wildman–Crippen MR) is 182 cm³/mol. The number of carbonyl (C=O) groups is 3. The number of hydrogen-bond acceptors (Lipinski definition) is 10. The number of nitrogens with zero attached hydrogens (tertiary/aromatic N) is 4. The molecule has 3 heterocycles. The van der Waals surface area contributed by atoms with Crippen LogP contribution in [0, 0.1) is 0 Å². The van der Waals surface area contributed by atoms with Crippen LogP contribution in [0.15, 0.2) is 134 Å². The highest BCUT2D eigenvalue weighted by Crippen LogP contribution is 2.37. The van der Waals surface area contributed by atoms with Gasteiger partial charge in [0.25, 0.3) is 0 Å². The first-order chi connectivity index (χ1) is 24.5. The molecule has 11 nitrogen and oxygen atoms in total. The lowest BCUT2D eigenvalue weighted by Gasteiger charge is -2.25. The van der Waals surface area contributed by atoms with Crippen molar-refractivity contribution in [1.82, 2.24) is 19.5 Å². The van der Waals surface area contributed by atoms with Crippen molar-refractivity contribution in [3.05, 3.63) is 150 Å². The van der Waals surface area contributed by atoms with Gasteiger partial charge in [-0.1, -0.05) is 66.7 Å². The maximum absolute atomic E-state index is 13.6. The van der Waals surface area contributed by atoms with Gasteiger partial charge in [0.15, 0.2) is 18.4 Å². The Kier molecular flexibility index (Phi) is 8.15. The molecular formula is C39H28N4O7. The van der Waals surface area contributed by atoms with E-state index in [-0.39, 0.29) is 12.2 Å². The lowest BCUT2D eigenvalue weighted by atomic mass is 10.1. The highest BCUT2D eigenvalue weighted by atomic mass is 16.7. The average molecular weight is 665 g/mol. The molecule has 0 saturated carbocycles. The Balaban J connectivity index is 1.20. The molecule has 246 valence electrons. The van der Waals surface area contributed by atoms with Crippen molar-refractivity contribution in [3.63, 3.8) is 0 Å². The first-order valence-corrected chi connectivity index (χ1v) is 15.9. The molecule has 2 aromatic heterocycles. The lowest BCUT2D eigenvalue weighted by molar-refractivity contribution is -0.0604. The minimum atomic E-state index is -1.19. The van der Waals surface area contributed by atoms with Gasteiger partial charge < -0.3 is 18.9 Å². The number of benzene rings is 5. The summed E-state index contributed by atoms with van der Waals surface area (Å²) >= 11 is 0. The Morgan fingerprint density at radius 3 is 1.66 bits per heavy atom. The van der Waals surface area contributed by atoms with E-state index in [0.717, 1.165) is 11.0 Å². The quantitative estimate of drug-likeness (QED) is 0.103. The van der Waals surface area contributed by atoms with E-state index in [0.29, 0.717) is 33.2 Å². The number of ether oxygens (including phenoxy) is 4. The third-order valence-electron chi connectivity index (χ3n) is 8.49. The summed E-state index contributed by atoms with van der Waals surface area (Å²) in [6, 6.07) is 36.6. The molecule has 0 radical (unpaired) electrons. The third kappa shape index (κ3) is 6.01. The molecule has 50 heavy (non-hydrogen) atoms. The Bertz CT molecular complexity index is 2350. The van der Waals surface area contributed by atoms with Crippen LogP contribution in [0.2, 0.25) is 0 Å². The molecule has 1 fully saturated rings. The van der Waals surface area contributed by atoms with Gasteiger partial charge >= 0.3 is 17.9 Å². The van der Waals surface area contributed by atoms with Gasteiger partial charge in [0.05, 0.1) is 56.1 Å². The largest absolute Gasteiger partial charge is 0.459 e. The Labute approximate surface area is 285 Å². The molecule has 1 aliphatic heterocycles. The highest BCUT2D eigenvalue weighted by Gasteiger charge is 2.51. The normalized spacial score (nSPS) is 18.6. The molecule has 0 bridgehead atoms. The Morgan fingerprint density at radius 1 is 0.580 bits per heavy atom. The van der Waals surface area contributed by atoms with E-state index < -0.39 is 42.4 Å². The van der Waals surface area contributed by atoms with E-state index in [4.69, 9.17) is 28.9 Å². The molecule has 1 aliphatic rings. The summed E-state index contributed by atoms with van der Waals surface area (Å²) in [7, 11) is 0. The number of fused-ring (bicyclic) bond motifs is 3. The summed E-state index contributed by atoms with van der Waals surface area (Å²) in [5, 5.41) is 0. The highest BCUT2D eigenvalue weighted by molar-refractivity contribution is 5.95. The first kappa shape index (κ1) is 30.8. The van der Waals surface area contributed by atoms with Crippen LogP contribution in [0.5, 0.6) is 0 Å². The van der Waals surface area contributed by atoms with Gasteiger partial charge in [-0.15, -0.1) is 0 Å². The van der Waals surface area contributed by atoms with Gasteiger partial charge in [-0.2, -0.15) is 0 Å². The number of para-hydroxylation sites is 2. The fraction of sp³-hybridized carbons (Fsp3) is 0.128. The van der Waals surface area contributed by atoms with E-state index in [9.17, 15) is 14.4 Å². The van der Waals surface area contributed by atoms with E-state index in [1.165, 1.54) is 0 Å².